The van der Waals surface area contributed by atoms with Crippen LogP contribution in [0.25, 0.3) is 0 Å². The Balaban J connectivity index is 1.81. The molecule has 0 saturated carbocycles. The lowest BCUT2D eigenvalue weighted by Gasteiger charge is -2.15. The van der Waals surface area contributed by atoms with E-state index in [-0.39, 0.29) is 5.41 Å². The molecule has 3 aromatic rings. The van der Waals surface area contributed by atoms with Crippen LogP contribution in [0.15, 0.2) is 30.8 Å². The lowest BCUT2D eigenvalue weighted by Crippen LogP contribution is -2.12. The predicted molar refractivity (Wildman–Crippen MR) is 93.9 cm³/mol. The van der Waals surface area contributed by atoms with Gasteiger partial charge in [-0.15, -0.1) is 16.4 Å². The van der Waals surface area contributed by atoms with Crippen molar-refractivity contribution in [3.63, 3.8) is 0 Å². The summed E-state index contributed by atoms with van der Waals surface area (Å²) >= 11 is 8.43. The zero-order valence-corrected chi connectivity index (χ0v) is 16.3. The van der Waals surface area contributed by atoms with E-state index in [1.165, 1.54) is 16.6 Å². The van der Waals surface area contributed by atoms with E-state index in [2.05, 4.69) is 63.7 Å². The second-order valence-electron chi connectivity index (χ2n) is 5.65. The van der Waals surface area contributed by atoms with Crippen molar-refractivity contribution in [2.75, 3.05) is 0 Å². The highest BCUT2D eigenvalue weighted by molar-refractivity contribution is 9.11. The fourth-order valence-electron chi connectivity index (χ4n) is 1.79. The Kier molecular flexibility index (Phi) is 4.67. The van der Waals surface area contributed by atoms with Gasteiger partial charge in [-0.1, -0.05) is 38.2 Å². The van der Waals surface area contributed by atoms with Gasteiger partial charge in [-0.25, -0.2) is 9.67 Å². The highest BCUT2D eigenvalue weighted by Crippen LogP contribution is 2.39. The summed E-state index contributed by atoms with van der Waals surface area (Å²) in [7, 11) is 0. The number of thiazole rings is 1. The maximum absolute atomic E-state index is 4.72. The zero-order chi connectivity index (χ0) is 15.7. The SMILES string of the molecule is CC(C)(C)c1nc(Sc2nnnn2Cc2cccs2)sc1Br. The Bertz CT molecular complexity index is 757. The molecule has 3 aromatic heterocycles. The van der Waals surface area contributed by atoms with E-state index in [4.69, 9.17) is 4.98 Å². The Labute approximate surface area is 149 Å². The van der Waals surface area contributed by atoms with Crippen LogP contribution in [0.2, 0.25) is 0 Å². The molecule has 0 aliphatic carbocycles. The van der Waals surface area contributed by atoms with Crippen molar-refractivity contribution in [1.29, 1.82) is 0 Å². The fourth-order valence-corrected chi connectivity index (χ4v) is 5.89. The van der Waals surface area contributed by atoms with Gasteiger partial charge in [0.05, 0.1) is 16.0 Å². The molecule has 0 N–H and O–H groups in total. The van der Waals surface area contributed by atoms with Crippen LogP contribution in [0.5, 0.6) is 0 Å². The molecule has 0 fully saturated rings. The van der Waals surface area contributed by atoms with E-state index in [0.29, 0.717) is 6.54 Å². The molecular weight excluding hydrogens is 402 g/mol. The van der Waals surface area contributed by atoms with Gasteiger partial charge in [0.2, 0.25) is 5.16 Å². The molecule has 3 rings (SSSR count). The van der Waals surface area contributed by atoms with Gasteiger partial charge in [-0.3, -0.25) is 0 Å². The number of halogens is 1. The van der Waals surface area contributed by atoms with E-state index in [9.17, 15) is 0 Å². The molecule has 0 aliphatic rings. The van der Waals surface area contributed by atoms with Gasteiger partial charge < -0.3 is 0 Å². The zero-order valence-electron chi connectivity index (χ0n) is 12.3. The van der Waals surface area contributed by atoms with Crippen LogP contribution in [0, 0.1) is 0 Å². The van der Waals surface area contributed by atoms with Gasteiger partial charge in [-0.05, 0) is 49.6 Å². The normalized spacial score (nSPS) is 12.0. The van der Waals surface area contributed by atoms with Crippen LogP contribution < -0.4 is 0 Å². The maximum Gasteiger partial charge on any atom is 0.216 e. The smallest absolute Gasteiger partial charge is 0.216 e. The molecule has 0 spiro atoms. The van der Waals surface area contributed by atoms with Gasteiger partial charge >= 0.3 is 0 Å². The minimum absolute atomic E-state index is 0.0109. The van der Waals surface area contributed by atoms with Gasteiger partial charge in [0.1, 0.15) is 0 Å². The summed E-state index contributed by atoms with van der Waals surface area (Å²) < 4.78 is 3.82. The molecular formula is C13H14BrN5S3. The number of thiophene rings is 1. The molecule has 0 aromatic carbocycles. The van der Waals surface area contributed by atoms with Crippen LogP contribution in [0.4, 0.5) is 0 Å². The Morgan fingerprint density at radius 2 is 2.18 bits per heavy atom. The summed E-state index contributed by atoms with van der Waals surface area (Å²) in [5, 5.41) is 14.8. The quantitative estimate of drug-likeness (QED) is 0.629. The monoisotopic (exact) mass is 415 g/mol. The molecule has 0 aliphatic heterocycles. The number of hydrogen-bond donors (Lipinski definition) is 0. The number of hydrogen-bond acceptors (Lipinski definition) is 7. The van der Waals surface area contributed by atoms with E-state index < -0.39 is 0 Å². The van der Waals surface area contributed by atoms with Crippen molar-refractivity contribution in [2.24, 2.45) is 0 Å². The molecule has 9 heteroatoms. The Morgan fingerprint density at radius 3 is 2.82 bits per heavy atom. The van der Waals surface area contributed by atoms with Crippen molar-refractivity contribution in [2.45, 2.75) is 42.2 Å². The molecule has 116 valence electrons. The number of tetrazole rings is 1. The number of aromatic nitrogens is 5. The Morgan fingerprint density at radius 1 is 1.36 bits per heavy atom. The third-order valence-corrected chi connectivity index (χ3v) is 6.44. The first-order valence-corrected chi connectivity index (χ1v) is 9.87. The van der Waals surface area contributed by atoms with Crippen LogP contribution in [0.1, 0.15) is 31.3 Å². The van der Waals surface area contributed by atoms with Crippen LogP contribution >= 0.6 is 50.4 Å². The second-order valence-corrected chi connectivity index (χ2v) is 10.2. The molecule has 22 heavy (non-hydrogen) atoms. The van der Waals surface area contributed by atoms with E-state index in [1.54, 1.807) is 22.7 Å². The molecule has 0 bridgehead atoms. The lowest BCUT2D eigenvalue weighted by molar-refractivity contribution is 0.566. The van der Waals surface area contributed by atoms with Crippen molar-refractivity contribution < 1.29 is 0 Å². The van der Waals surface area contributed by atoms with Gasteiger partial charge in [0.15, 0.2) is 4.34 Å². The molecule has 0 unspecified atom stereocenters. The summed E-state index contributed by atoms with van der Waals surface area (Å²) in [4.78, 5) is 5.95. The standard InChI is InChI=1S/C13H14BrN5S3/c1-13(2,3)9-10(14)21-12(15-9)22-11-16-17-18-19(11)7-8-5-4-6-20-8/h4-6H,7H2,1-3H3. The molecule has 0 amide bonds. The Hall–Kier alpha value is -0.770. The summed E-state index contributed by atoms with van der Waals surface area (Å²) in [5.41, 5.74) is 1.08. The third-order valence-electron chi connectivity index (χ3n) is 2.84. The predicted octanol–water partition coefficient (Wildman–Crippen LogP) is 4.45. The first-order valence-electron chi connectivity index (χ1n) is 6.56. The topological polar surface area (TPSA) is 56.5 Å². The molecule has 0 radical (unpaired) electrons. The summed E-state index contributed by atoms with van der Waals surface area (Å²) in [6.07, 6.45) is 0. The van der Waals surface area contributed by atoms with E-state index in [0.717, 1.165) is 19.0 Å². The summed E-state index contributed by atoms with van der Waals surface area (Å²) in [5.74, 6) is 0. The first kappa shape index (κ1) is 16.1. The van der Waals surface area contributed by atoms with E-state index >= 15 is 0 Å². The highest BCUT2D eigenvalue weighted by atomic mass is 79.9. The third kappa shape index (κ3) is 3.58. The van der Waals surface area contributed by atoms with Crippen LogP contribution in [0.3, 0.4) is 0 Å². The highest BCUT2D eigenvalue weighted by Gasteiger charge is 2.23. The van der Waals surface area contributed by atoms with Gasteiger partial charge in [-0.2, -0.15) is 0 Å². The van der Waals surface area contributed by atoms with Crippen molar-refractivity contribution in [3.05, 3.63) is 31.9 Å². The van der Waals surface area contributed by atoms with E-state index in [1.807, 2.05) is 10.7 Å². The lowest BCUT2D eigenvalue weighted by atomic mass is 9.93. The van der Waals surface area contributed by atoms with Crippen molar-refractivity contribution >= 4 is 50.4 Å². The van der Waals surface area contributed by atoms with Gasteiger partial charge in [0, 0.05) is 10.3 Å². The van der Waals surface area contributed by atoms with Crippen LogP contribution in [-0.2, 0) is 12.0 Å². The molecule has 0 atom stereocenters. The molecule has 3 heterocycles. The molecule has 5 nitrogen and oxygen atoms in total. The molecule has 0 saturated heterocycles. The summed E-state index contributed by atoms with van der Waals surface area (Å²) in [6, 6.07) is 4.11. The first-order chi connectivity index (χ1) is 10.4. The largest absolute Gasteiger partial charge is 0.232 e. The minimum atomic E-state index is 0.0109. The average Bonchev–Trinajstić information content (AvgIpc) is 3.13. The minimum Gasteiger partial charge on any atom is -0.232 e. The van der Waals surface area contributed by atoms with Crippen LogP contribution in [-0.4, -0.2) is 25.2 Å². The number of rotatable bonds is 4. The average molecular weight is 416 g/mol. The maximum atomic E-state index is 4.72. The summed E-state index contributed by atoms with van der Waals surface area (Å²) in [6.45, 7) is 7.15. The second kappa shape index (κ2) is 6.38. The number of nitrogens with zero attached hydrogens (tertiary/aromatic N) is 5. The van der Waals surface area contributed by atoms with Crippen molar-refractivity contribution in [3.8, 4) is 0 Å². The van der Waals surface area contributed by atoms with Gasteiger partial charge in [0.25, 0.3) is 0 Å². The van der Waals surface area contributed by atoms with Crippen molar-refractivity contribution in [1.82, 2.24) is 25.2 Å². The fraction of sp³-hybridized carbons (Fsp3) is 0.385.